The van der Waals surface area contributed by atoms with Gasteiger partial charge in [0.15, 0.2) is 18.1 Å². The molecule has 8 heteroatoms. The Balaban J connectivity index is 1.51. The minimum Gasteiger partial charge on any atom is -0.493 e. The molecule has 4 rings (SSSR count). The average molecular weight is 426 g/mol. The van der Waals surface area contributed by atoms with Crippen molar-refractivity contribution in [2.75, 3.05) is 33.4 Å². The van der Waals surface area contributed by atoms with Gasteiger partial charge in [0.05, 0.1) is 25.1 Å². The SMILES string of the molecule is COc1ccccc1OCC(=O)N1CCO[C@H](c2c(C(N)=O)sc3ccccc23)C1. The van der Waals surface area contributed by atoms with E-state index in [4.69, 9.17) is 19.9 Å². The molecule has 156 valence electrons. The molecule has 2 amide bonds. The third-order valence-corrected chi connectivity index (χ3v) is 6.22. The maximum absolute atomic E-state index is 12.8. The number of methoxy groups -OCH3 is 1. The van der Waals surface area contributed by atoms with E-state index in [0.29, 0.717) is 36.1 Å². The van der Waals surface area contributed by atoms with Gasteiger partial charge in [0, 0.05) is 16.8 Å². The molecule has 2 heterocycles. The molecule has 30 heavy (non-hydrogen) atoms. The molecule has 3 aromatic rings. The zero-order chi connectivity index (χ0) is 21.1. The number of carbonyl (C=O) groups is 2. The maximum Gasteiger partial charge on any atom is 0.260 e. The summed E-state index contributed by atoms with van der Waals surface area (Å²) in [5.41, 5.74) is 6.38. The fourth-order valence-corrected chi connectivity index (χ4v) is 4.69. The van der Waals surface area contributed by atoms with E-state index in [1.165, 1.54) is 11.3 Å². The van der Waals surface area contributed by atoms with Gasteiger partial charge < -0.3 is 24.8 Å². The summed E-state index contributed by atoms with van der Waals surface area (Å²) in [6.07, 6.45) is -0.424. The molecule has 1 atom stereocenters. The van der Waals surface area contributed by atoms with Crippen molar-refractivity contribution in [2.45, 2.75) is 6.10 Å². The van der Waals surface area contributed by atoms with Crippen LogP contribution in [0.5, 0.6) is 11.5 Å². The summed E-state index contributed by atoms with van der Waals surface area (Å²) >= 11 is 1.35. The fraction of sp³-hybridized carbons (Fsp3) is 0.273. The predicted octanol–water partition coefficient (Wildman–Crippen LogP) is 2.99. The van der Waals surface area contributed by atoms with Crippen LogP contribution in [0, 0.1) is 0 Å². The number of fused-ring (bicyclic) bond motifs is 1. The summed E-state index contributed by atoms with van der Waals surface area (Å²) in [7, 11) is 1.55. The smallest absolute Gasteiger partial charge is 0.260 e. The number of amides is 2. The third-order valence-electron chi connectivity index (χ3n) is 5.02. The van der Waals surface area contributed by atoms with Gasteiger partial charge >= 0.3 is 0 Å². The Morgan fingerprint density at radius 3 is 2.67 bits per heavy atom. The lowest BCUT2D eigenvalue weighted by atomic mass is 10.0. The zero-order valence-electron chi connectivity index (χ0n) is 16.5. The number of hydrogen-bond acceptors (Lipinski definition) is 6. The normalized spacial score (nSPS) is 16.4. The molecule has 2 N–H and O–H groups in total. The summed E-state index contributed by atoms with van der Waals surface area (Å²) in [6.45, 7) is 1.04. The average Bonchev–Trinajstić information content (AvgIpc) is 3.18. The number of thiophene rings is 1. The van der Waals surface area contributed by atoms with Crippen molar-refractivity contribution in [1.82, 2.24) is 4.90 Å². The van der Waals surface area contributed by atoms with Gasteiger partial charge in [-0.25, -0.2) is 0 Å². The van der Waals surface area contributed by atoms with Crippen LogP contribution in [-0.4, -0.2) is 50.1 Å². The Kier molecular flexibility index (Phi) is 5.87. The first kappa shape index (κ1) is 20.2. The van der Waals surface area contributed by atoms with Crippen LogP contribution < -0.4 is 15.2 Å². The summed E-state index contributed by atoms with van der Waals surface area (Å²) in [5, 5.41) is 0.931. The molecule has 7 nitrogen and oxygen atoms in total. The first-order valence-electron chi connectivity index (χ1n) is 9.55. The molecular weight excluding hydrogens is 404 g/mol. The van der Waals surface area contributed by atoms with Crippen molar-refractivity contribution < 1.29 is 23.8 Å². The highest BCUT2D eigenvalue weighted by Gasteiger charge is 2.31. The molecule has 0 aliphatic carbocycles. The van der Waals surface area contributed by atoms with Crippen molar-refractivity contribution >= 4 is 33.2 Å². The van der Waals surface area contributed by atoms with E-state index in [-0.39, 0.29) is 12.5 Å². The first-order valence-corrected chi connectivity index (χ1v) is 10.4. The molecule has 1 fully saturated rings. The second kappa shape index (κ2) is 8.73. The lowest BCUT2D eigenvalue weighted by Crippen LogP contribution is -2.44. The van der Waals surface area contributed by atoms with E-state index in [2.05, 4.69) is 0 Å². The number of ether oxygens (including phenoxy) is 3. The highest BCUT2D eigenvalue weighted by atomic mass is 32.1. The van der Waals surface area contributed by atoms with Crippen LogP contribution in [0.15, 0.2) is 48.5 Å². The molecule has 0 radical (unpaired) electrons. The molecule has 0 bridgehead atoms. The van der Waals surface area contributed by atoms with Crippen LogP contribution in [0.1, 0.15) is 21.3 Å². The number of nitrogens with zero attached hydrogens (tertiary/aromatic N) is 1. The van der Waals surface area contributed by atoms with E-state index < -0.39 is 12.0 Å². The third kappa shape index (κ3) is 3.96. The van der Waals surface area contributed by atoms with Crippen LogP contribution in [-0.2, 0) is 9.53 Å². The number of hydrogen-bond donors (Lipinski definition) is 1. The van der Waals surface area contributed by atoms with Gasteiger partial charge in [-0.1, -0.05) is 30.3 Å². The number of carbonyl (C=O) groups excluding carboxylic acids is 2. The molecule has 0 unspecified atom stereocenters. The van der Waals surface area contributed by atoms with Crippen LogP contribution in [0.25, 0.3) is 10.1 Å². The van der Waals surface area contributed by atoms with Gasteiger partial charge in [0.2, 0.25) is 0 Å². The van der Waals surface area contributed by atoms with Crippen LogP contribution in [0.3, 0.4) is 0 Å². The Hall–Kier alpha value is -3.10. The molecule has 2 aromatic carbocycles. The summed E-state index contributed by atoms with van der Waals surface area (Å²) in [5.74, 6) is 0.436. The summed E-state index contributed by atoms with van der Waals surface area (Å²) in [4.78, 5) is 27.0. The Labute approximate surface area is 177 Å². The van der Waals surface area contributed by atoms with Crippen molar-refractivity contribution in [1.29, 1.82) is 0 Å². The summed E-state index contributed by atoms with van der Waals surface area (Å²) in [6, 6.07) is 14.9. The molecule has 1 aliphatic rings. The second-order valence-electron chi connectivity index (χ2n) is 6.84. The van der Waals surface area contributed by atoms with Crippen molar-refractivity contribution in [3.05, 3.63) is 59.0 Å². The van der Waals surface area contributed by atoms with Gasteiger partial charge in [0.25, 0.3) is 11.8 Å². The van der Waals surface area contributed by atoms with Crippen LogP contribution in [0.2, 0.25) is 0 Å². The van der Waals surface area contributed by atoms with Crippen molar-refractivity contribution in [3.63, 3.8) is 0 Å². The quantitative estimate of drug-likeness (QED) is 0.654. The Morgan fingerprint density at radius 1 is 1.17 bits per heavy atom. The number of rotatable bonds is 6. The molecule has 1 aromatic heterocycles. The van der Waals surface area contributed by atoms with Gasteiger partial charge in [-0.3, -0.25) is 9.59 Å². The minimum atomic E-state index is -0.488. The zero-order valence-corrected chi connectivity index (χ0v) is 17.3. The number of nitrogens with two attached hydrogens (primary N) is 1. The lowest BCUT2D eigenvalue weighted by molar-refractivity contribution is -0.141. The Bertz CT molecular complexity index is 1080. The highest BCUT2D eigenvalue weighted by molar-refractivity contribution is 7.21. The molecule has 1 aliphatic heterocycles. The van der Waals surface area contributed by atoms with Crippen molar-refractivity contribution in [3.8, 4) is 11.5 Å². The monoisotopic (exact) mass is 426 g/mol. The van der Waals surface area contributed by atoms with Gasteiger partial charge in [-0.05, 0) is 23.6 Å². The fourth-order valence-electron chi connectivity index (χ4n) is 3.59. The van der Waals surface area contributed by atoms with Gasteiger partial charge in [-0.2, -0.15) is 0 Å². The standard InChI is InChI=1S/C22H22N2O5S/c1-27-15-7-3-4-8-16(15)29-13-19(25)24-10-11-28-17(12-24)20-14-6-2-5-9-18(14)30-21(20)22(23)26/h2-9,17H,10-13H2,1H3,(H2,23,26)/t17-/m0/s1. The second-order valence-corrected chi connectivity index (χ2v) is 7.90. The van der Waals surface area contributed by atoms with Crippen molar-refractivity contribution in [2.24, 2.45) is 5.73 Å². The van der Waals surface area contributed by atoms with Crippen LogP contribution >= 0.6 is 11.3 Å². The molecule has 1 saturated heterocycles. The highest BCUT2D eigenvalue weighted by Crippen LogP contribution is 2.38. The minimum absolute atomic E-state index is 0.111. The maximum atomic E-state index is 12.8. The van der Waals surface area contributed by atoms with E-state index in [9.17, 15) is 9.59 Å². The van der Waals surface area contributed by atoms with E-state index in [1.54, 1.807) is 24.1 Å². The van der Waals surface area contributed by atoms with E-state index in [1.807, 2.05) is 36.4 Å². The van der Waals surface area contributed by atoms with E-state index >= 15 is 0 Å². The Morgan fingerprint density at radius 2 is 1.90 bits per heavy atom. The van der Waals surface area contributed by atoms with E-state index in [0.717, 1.165) is 15.6 Å². The largest absolute Gasteiger partial charge is 0.493 e. The molecule has 0 spiro atoms. The topological polar surface area (TPSA) is 91.1 Å². The lowest BCUT2D eigenvalue weighted by Gasteiger charge is -2.33. The predicted molar refractivity (Wildman–Crippen MR) is 114 cm³/mol. The van der Waals surface area contributed by atoms with Gasteiger partial charge in [-0.15, -0.1) is 11.3 Å². The molecule has 0 saturated carbocycles. The first-order chi connectivity index (χ1) is 14.6. The van der Waals surface area contributed by atoms with Crippen LogP contribution in [0.4, 0.5) is 0 Å². The summed E-state index contributed by atoms with van der Waals surface area (Å²) < 4.78 is 17.8. The number of para-hydroxylation sites is 2. The van der Waals surface area contributed by atoms with Gasteiger partial charge in [0.1, 0.15) is 6.10 Å². The molecular formula is C22H22N2O5S. The number of primary amides is 1. The number of benzene rings is 2. The number of morpholine rings is 1.